The molecule has 0 N–H and O–H groups in total. The summed E-state index contributed by atoms with van der Waals surface area (Å²) in [5.41, 5.74) is 0. The predicted molar refractivity (Wildman–Crippen MR) is 370 cm³/mol. The SMILES string of the molecule is CC/C=C\C/C=C\C/C=C\C/C=C\C/C=C\C/C=C\C/C=C\C/C=C\C/C=C\C/C=C\CCCCCCCCC(=O)OC(COC(=O)CCCCCCCCCCCC/C=C\C/C=C\C/C=C\CCCCCCC)COC(OCC[N+](C)(C)C)C(=O)[O-]. The van der Waals surface area contributed by atoms with Gasteiger partial charge in [-0.1, -0.05) is 275 Å². The molecule has 0 aliphatic carbocycles. The molecule has 0 heterocycles. The van der Waals surface area contributed by atoms with Gasteiger partial charge in [-0.25, -0.2) is 0 Å². The molecule has 2 atom stereocenters. The number of allylic oxidation sites excluding steroid dienone is 26. The number of hydrogen-bond acceptors (Lipinski definition) is 8. The van der Waals surface area contributed by atoms with Gasteiger partial charge in [0.1, 0.15) is 13.2 Å². The number of hydrogen-bond donors (Lipinski definition) is 0. The number of ether oxygens (including phenoxy) is 4. The van der Waals surface area contributed by atoms with E-state index in [1.54, 1.807) is 0 Å². The van der Waals surface area contributed by atoms with Crippen LogP contribution in [0.2, 0.25) is 0 Å². The molecule has 0 bridgehead atoms. The molecule has 0 aromatic carbocycles. The van der Waals surface area contributed by atoms with Crippen molar-refractivity contribution in [2.24, 2.45) is 0 Å². The van der Waals surface area contributed by atoms with Crippen molar-refractivity contribution in [2.45, 2.75) is 270 Å². The molecule has 0 aromatic rings. The summed E-state index contributed by atoms with van der Waals surface area (Å²) in [6.07, 6.45) is 95.9. The highest BCUT2D eigenvalue weighted by molar-refractivity contribution is 5.70. The molecule has 0 aromatic heterocycles. The van der Waals surface area contributed by atoms with E-state index in [1.165, 1.54) is 77.0 Å². The lowest BCUT2D eigenvalue weighted by atomic mass is 10.1. The smallest absolute Gasteiger partial charge is 0.306 e. The Hall–Kier alpha value is -5.09. The molecule has 0 radical (unpaired) electrons. The normalized spacial score (nSPS) is 13.7. The van der Waals surface area contributed by atoms with Crippen LogP contribution in [-0.4, -0.2) is 82.3 Å². The number of carbonyl (C=O) groups excluding carboxylic acids is 3. The molecule has 0 saturated carbocycles. The third kappa shape index (κ3) is 68.3. The van der Waals surface area contributed by atoms with Gasteiger partial charge >= 0.3 is 11.9 Å². The highest BCUT2D eigenvalue weighted by Crippen LogP contribution is 2.15. The van der Waals surface area contributed by atoms with Crippen molar-refractivity contribution in [1.82, 2.24) is 0 Å². The zero-order chi connectivity index (χ0) is 63.3. The van der Waals surface area contributed by atoms with Gasteiger partial charge < -0.3 is 33.3 Å². The van der Waals surface area contributed by atoms with Gasteiger partial charge in [0.2, 0.25) is 0 Å². The molecule has 492 valence electrons. The predicted octanol–water partition coefficient (Wildman–Crippen LogP) is 20.4. The van der Waals surface area contributed by atoms with Crippen molar-refractivity contribution in [1.29, 1.82) is 0 Å². The van der Waals surface area contributed by atoms with Gasteiger partial charge in [0.15, 0.2) is 12.4 Å². The minimum Gasteiger partial charge on any atom is -0.545 e. The molecule has 87 heavy (non-hydrogen) atoms. The van der Waals surface area contributed by atoms with Crippen molar-refractivity contribution < 1.29 is 42.9 Å². The standard InChI is InChI=1S/C78H127NO8/c1-6-8-10-12-14-16-18-20-22-24-26-28-30-32-33-34-35-36-37-38-39-40-41-42-43-45-47-49-51-53-55-57-59-61-63-65-67-69-76(81)87-74(73-86-78(77(82)83)84-71-70-79(3,4)5)72-85-75(80)68-66-64-62-60-58-56-54-52-50-48-46-44-31-29-27-25-23-21-19-17-15-13-11-9-7-2/h8,10,14,16,19-22,25-28,31-33,35-36,38-39,41-42,44-45,47,51,53,74,78H,6-7,9,11-13,15,17-18,23-24,29-30,34,37,40,43,46,48-50,52,54-73H2,1-5H3/b10-8-,16-14-,21-19-,22-20-,27-25-,28-26-,33-32-,36-35-,39-38-,42-41-,44-31-,47-45-,53-51-. The van der Waals surface area contributed by atoms with Crippen LogP contribution < -0.4 is 5.11 Å². The Labute approximate surface area is 534 Å². The summed E-state index contributed by atoms with van der Waals surface area (Å²) >= 11 is 0. The van der Waals surface area contributed by atoms with Crippen LogP contribution in [0.3, 0.4) is 0 Å². The van der Waals surface area contributed by atoms with E-state index in [-0.39, 0.29) is 38.6 Å². The lowest BCUT2D eigenvalue weighted by molar-refractivity contribution is -0.870. The third-order valence-corrected chi connectivity index (χ3v) is 14.3. The Morgan fingerprint density at radius 2 is 0.655 bits per heavy atom. The number of likely N-dealkylation sites (N-methyl/N-ethyl adjacent to an activating group) is 1. The fourth-order valence-electron chi connectivity index (χ4n) is 8.98. The number of carboxylic acids is 1. The fraction of sp³-hybridized carbons (Fsp3) is 0.628. The van der Waals surface area contributed by atoms with E-state index in [2.05, 4.69) is 172 Å². The molecular weight excluding hydrogens is 1080 g/mol. The number of aliphatic carboxylic acids is 1. The van der Waals surface area contributed by atoms with E-state index in [1.807, 2.05) is 21.1 Å². The fourth-order valence-corrected chi connectivity index (χ4v) is 8.98. The zero-order valence-electron chi connectivity index (χ0n) is 56.1. The van der Waals surface area contributed by atoms with Gasteiger partial charge in [-0.15, -0.1) is 0 Å². The minimum absolute atomic E-state index is 0.135. The second kappa shape index (κ2) is 66.9. The largest absolute Gasteiger partial charge is 0.545 e. The molecule has 0 saturated heterocycles. The molecule has 0 fully saturated rings. The maximum atomic E-state index is 12.9. The Balaban J connectivity index is 4.24. The summed E-state index contributed by atoms with van der Waals surface area (Å²) in [4.78, 5) is 37.5. The van der Waals surface area contributed by atoms with E-state index >= 15 is 0 Å². The van der Waals surface area contributed by atoms with Crippen molar-refractivity contribution in [3.63, 3.8) is 0 Å². The molecule has 0 aliphatic rings. The van der Waals surface area contributed by atoms with Gasteiger partial charge in [0.05, 0.1) is 40.3 Å². The average Bonchev–Trinajstić information content (AvgIpc) is 3.57. The van der Waals surface area contributed by atoms with Crippen molar-refractivity contribution in [3.05, 3.63) is 158 Å². The molecular formula is C78H127NO8. The highest BCUT2D eigenvalue weighted by atomic mass is 16.7. The maximum absolute atomic E-state index is 12.9. The first-order chi connectivity index (χ1) is 42.6. The van der Waals surface area contributed by atoms with Crippen molar-refractivity contribution in [2.75, 3.05) is 47.5 Å². The highest BCUT2D eigenvalue weighted by Gasteiger charge is 2.22. The Morgan fingerprint density at radius 1 is 0.356 bits per heavy atom. The second-order valence-electron chi connectivity index (χ2n) is 23.7. The number of carbonyl (C=O) groups is 3. The first-order valence-electron chi connectivity index (χ1n) is 34.6. The summed E-state index contributed by atoms with van der Waals surface area (Å²) in [6, 6.07) is 0. The summed E-state index contributed by atoms with van der Waals surface area (Å²) in [6.45, 7) is 4.59. The van der Waals surface area contributed by atoms with E-state index in [4.69, 9.17) is 18.9 Å². The number of rotatable bonds is 62. The lowest BCUT2D eigenvalue weighted by Gasteiger charge is -2.26. The Kier molecular flexibility index (Phi) is 62.9. The van der Waals surface area contributed by atoms with Crippen LogP contribution in [0, 0.1) is 0 Å². The molecule has 2 unspecified atom stereocenters. The van der Waals surface area contributed by atoms with Gasteiger partial charge in [0.25, 0.3) is 0 Å². The molecule has 0 rings (SSSR count). The monoisotopic (exact) mass is 1210 g/mol. The lowest BCUT2D eigenvalue weighted by Crippen LogP contribution is -2.44. The molecule has 0 aliphatic heterocycles. The first-order valence-corrected chi connectivity index (χ1v) is 34.6. The third-order valence-electron chi connectivity index (χ3n) is 14.3. The number of quaternary nitrogens is 1. The van der Waals surface area contributed by atoms with Crippen LogP contribution in [0.25, 0.3) is 0 Å². The van der Waals surface area contributed by atoms with Crippen LogP contribution >= 0.6 is 0 Å². The molecule has 9 nitrogen and oxygen atoms in total. The van der Waals surface area contributed by atoms with E-state index in [0.29, 0.717) is 17.4 Å². The van der Waals surface area contributed by atoms with Gasteiger partial charge in [-0.3, -0.25) is 9.59 Å². The number of nitrogens with zero attached hydrogens (tertiary/aromatic N) is 1. The maximum Gasteiger partial charge on any atom is 0.306 e. The number of esters is 2. The van der Waals surface area contributed by atoms with Gasteiger partial charge in [0, 0.05) is 12.8 Å². The first kappa shape index (κ1) is 81.9. The average molecular weight is 1210 g/mol. The van der Waals surface area contributed by atoms with Crippen LogP contribution in [0.15, 0.2) is 158 Å². The Morgan fingerprint density at radius 3 is 0.977 bits per heavy atom. The molecule has 0 spiro atoms. The van der Waals surface area contributed by atoms with E-state index < -0.39 is 24.3 Å². The van der Waals surface area contributed by atoms with Crippen molar-refractivity contribution in [3.8, 4) is 0 Å². The van der Waals surface area contributed by atoms with E-state index in [0.717, 1.165) is 148 Å². The second-order valence-corrected chi connectivity index (χ2v) is 23.7. The van der Waals surface area contributed by atoms with Crippen LogP contribution in [0.4, 0.5) is 0 Å². The minimum atomic E-state index is -1.64. The van der Waals surface area contributed by atoms with Crippen LogP contribution in [-0.2, 0) is 33.3 Å². The Bertz CT molecular complexity index is 1990. The number of unbranched alkanes of at least 4 members (excludes halogenated alkanes) is 21. The van der Waals surface area contributed by atoms with Crippen molar-refractivity contribution >= 4 is 17.9 Å². The topological polar surface area (TPSA) is 111 Å². The zero-order valence-corrected chi connectivity index (χ0v) is 56.1. The summed E-state index contributed by atoms with van der Waals surface area (Å²) in [7, 11) is 5.91. The molecule has 9 heteroatoms. The quantitative estimate of drug-likeness (QED) is 0.0195. The summed E-state index contributed by atoms with van der Waals surface area (Å²) < 4.78 is 22.8. The summed E-state index contributed by atoms with van der Waals surface area (Å²) in [5, 5.41) is 11.8. The number of carboxylic acid groups (broad SMARTS) is 1. The molecule has 0 amide bonds. The van der Waals surface area contributed by atoms with Gasteiger partial charge in [-0.05, 0) is 128 Å². The van der Waals surface area contributed by atoms with Crippen LogP contribution in [0.1, 0.15) is 258 Å². The van der Waals surface area contributed by atoms with Gasteiger partial charge in [-0.2, -0.15) is 0 Å². The van der Waals surface area contributed by atoms with E-state index in [9.17, 15) is 19.5 Å². The summed E-state index contributed by atoms with van der Waals surface area (Å²) in [5.74, 6) is -2.32. The van der Waals surface area contributed by atoms with Crippen LogP contribution in [0.5, 0.6) is 0 Å².